The molecule has 1 aromatic carbocycles. The molecule has 1 aliphatic rings. The molecule has 3 aromatic rings. The van der Waals surface area contributed by atoms with E-state index < -0.39 is 0 Å². The Kier molecular flexibility index (Phi) is 6.01. The molecule has 0 bridgehead atoms. The fraction of sp³-hybridized carbons (Fsp3) is 0.381. The summed E-state index contributed by atoms with van der Waals surface area (Å²) >= 11 is 1.54. The highest BCUT2D eigenvalue weighted by atomic mass is 32.1. The van der Waals surface area contributed by atoms with E-state index in [4.69, 9.17) is 10.7 Å². The minimum Gasteiger partial charge on any atom is -0.369 e. The number of aryl methyl sites for hydroxylation is 1. The van der Waals surface area contributed by atoms with Gasteiger partial charge in [0.2, 0.25) is 5.91 Å². The number of halogens is 1. The summed E-state index contributed by atoms with van der Waals surface area (Å²) < 4.78 is 15.3. The lowest BCUT2D eigenvalue weighted by atomic mass is 9.97. The average molecular weight is 414 g/mol. The second-order valence-corrected chi connectivity index (χ2v) is 8.24. The number of primary amides is 1. The van der Waals surface area contributed by atoms with Crippen LogP contribution >= 0.6 is 11.3 Å². The number of nitrogens with two attached hydrogens (primary N) is 1. The number of aromatic nitrogens is 3. The first-order chi connectivity index (χ1) is 14.1. The molecule has 29 heavy (non-hydrogen) atoms. The van der Waals surface area contributed by atoms with Gasteiger partial charge in [-0.1, -0.05) is 0 Å². The van der Waals surface area contributed by atoms with E-state index in [0.29, 0.717) is 0 Å². The fourth-order valence-corrected chi connectivity index (χ4v) is 4.61. The van der Waals surface area contributed by atoms with Crippen molar-refractivity contribution in [1.82, 2.24) is 19.4 Å². The van der Waals surface area contributed by atoms with Gasteiger partial charge in [0.1, 0.15) is 5.82 Å². The van der Waals surface area contributed by atoms with Gasteiger partial charge in [-0.05, 0) is 56.6 Å². The van der Waals surface area contributed by atoms with Crippen molar-refractivity contribution >= 4 is 17.2 Å². The minimum atomic E-state index is -0.254. The van der Waals surface area contributed by atoms with Crippen molar-refractivity contribution in [3.63, 3.8) is 0 Å². The lowest BCUT2D eigenvalue weighted by Gasteiger charge is -2.31. The van der Waals surface area contributed by atoms with Crippen LogP contribution in [0.5, 0.6) is 0 Å². The first-order valence-electron chi connectivity index (χ1n) is 9.85. The Morgan fingerprint density at radius 1 is 1.28 bits per heavy atom. The monoisotopic (exact) mass is 413 g/mol. The smallest absolute Gasteiger partial charge is 0.221 e. The SMILES string of the molecule is NC(=O)C1CCCN(CCCn2ccnc2-c2nc(-c3ccc(F)cc3)cs2)C1. The summed E-state index contributed by atoms with van der Waals surface area (Å²) in [5, 5.41) is 2.82. The van der Waals surface area contributed by atoms with Crippen molar-refractivity contribution in [3.8, 4) is 22.1 Å². The molecule has 1 atom stereocenters. The van der Waals surface area contributed by atoms with Crippen molar-refractivity contribution in [2.24, 2.45) is 11.7 Å². The molecule has 4 rings (SSSR count). The number of thiazole rings is 1. The number of benzene rings is 1. The average Bonchev–Trinajstić information content (AvgIpc) is 3.38. The third-order valence-electron chi connectivity index (χ3n) is 5.33. The molecule has 1 saturated heterocycles. The molecule has 8 heteroatoms. The van der Waals surface area contributed by atoms with E-state index in [1.54, 1.807) is 18.3 Å². The number of carbonyl (C=O) groups is 1. The lowest BCUT2D eigenvalue weighted by Crippen LogP contribution is -2.41. The number of rotatable bonds is 7. The zero-order valence-corrected chi connectivity index (χ0v) is 16.9. The lowest BCUT2D eigenvalue weighted by molar-refractivity contribution is -0.123. The van der Waals surface area contributed by atoms with Gasteiger partial charge in [0, 0.05) is 36.4 Å². The molecular formula is C21H24FN5OS. The molecule has 152 valence electrons. The number of hydrogen-bond donors (Lipinski definition) is 1. The summed E-state index contributed by atoms with van der Waals surface area (Å²) in [4.78, 5) is 22.9. The van der Waals surface area contributed by atoms with Crippen molar-refractivity contribution < 1.29 is 9.18 Å². The maximum absolute atomic E-state index is 13.1. The van der Waals surface area contributed by atoms with Crippen LogP contribution in [0.4, 0.5) is 4.39 Å². The van der Waals surface area contributed by atoms with Gasteiger partial charge in [0.05, 0.1) is 11.6 Å². The predicted octanol–water partition coefficient (Wildman–Crippen LogP) is 3.40. The van der Waals surface area contributed by atoms with Crippen LogP contribution in [0.25, 0.3) is 22.1 Å². The molecule has 2 N–H and O–H groups in total. The Morgan fingerprint density at radius 3 is 2.90 bits per heavy atom. The standard InChI is InChI=1S/C21H24FN5OS/c22-17-6-4-15(5-7-17)18-14-29-21(25-18)20-24-8-12-27(20)11-2-10-26-9-1-3-16(13-26)19(23)28/h4-8,12,14,16H,1-3,9-11,13H2,(H2,23,28). The van der Waals surface area contributed by atoms with Crippen molar-refractivity contribution in [2.75, 3.05) is 19.6 Å². The van der Waals surface area contributed by atoms with Crippen LogP contribution in [0.1, 0.15) is 19.3 Å². The van der Waals surface area contributed by atoms with Gasteiger partial charge in [0.15, 0.2) is 10.8 Å². The van der Waals surface area contributed by atoms with E-state index in [2.05, 4.69) is 14.5 Å². The molecule has 0 radical (unpaired) electrons. The Bertz CT molecular complexity index is 968. The van der Waals surface area contributed by atoms with Crippen LogP contribution in [-0.2, 0) is 11.3 Å². The summed E-state index contributed by atoms with van der Waals surface area (Å²) in [7, 11) is 0. The minimum absolute atomic E-state index is 0.0206. The molecule has 0 saturated carbocycles. The fourth-order valence-electron chi connectivity index (χ4n) is 3.77. The summed E-state index contributed by atoms with van der Waals surface area (Å²) in [5.41, 5.74) is 7.18. The number of amides is 1. The van der Waals surface area contributed by atoms with Gasteiger partial charge >= 0.3 is 0 Å². The molecule has 0 spiro atoms. The second kappa shape index (κ2) is 8.84. The van der Waals surface area contributed by atoms with Crippen LogP contribution in [0.15, 0.2) is 42.0 Å². The largest absolute Gasteiger partial charge is 0.369 e. The van der Waals surface area contributed by atoms with Gasteiger partial charge in [-0.15, -0.1) is 11.3 Å². The Morgan fingerprint density at radius 2 is 2.10 bits per heavy atom. The third-order valence-corrected chi connectivity index (χ3v) is 6.17. The highest BCUT2D eigenvalue weighted by Crippen LogP contribution is 2.28. The van der Waals surface area contributed by atoms with Gasteiger partial charge in [-0.2, -0.15) is 0 Å². The predicted molar refractivity (Wildman–Crippen MR) is 112 cm³/mol. The molecule has 3 heterocycles. The van der Waals surface area contributed by atoms with Crippen molar-refractivity contribution in [3.05, 3.63) is 47.9 Å². The van der Waals surface area contributed by atoms with Gasteiger partial charge in [-0.25, -0.2) is 14.4 Å². The van der Waals surface area contributed by atoms with Crippen LogP contribution in [0.3, 0.4) is 0 Å². The molecule has 0 aliphatic carbocycles. The molecule has 1 unspecified atom stereocenters. The maximum atomic E-state index is 13.1. The maximum Gasteiger partial charge on any atom is 0.221 e. The van der Waals surface area contributed by atoms with Crippen molar-refractivity contribution in [1.29, 1.82) is 0 Å². The van der Waals surface area contributed by atoms with E-state index in [-0.39, 0.29) is 17.6 Å². The summed E-state index contributed by atoms with van der Waals surface area (Å²) in [6.45, 7) is 3.55. The first-order valence-corrected chi connectivity index (χ1v) is 10.7. The molecule has 1 fully saturated rings. The van der Waals surface area contributed by atoms with E-state index in [1.165, 1.54) is 23.5 Å². The van der Waals surface area contributed by atoms with E-state index in [9.17, 15) is 9.18 Å². The molecular weight excluding hydrogens is 389 g/mol. The van der Waals surface area contributed by atoms with Crippen molar-refractivity contribution in [2.45, 2.75) is 25.8 Å². The number of nitrogens with zero attached hydrogens (tertiary/aromatic N) is 4. The van der Waals surface area contributed by atoms with Gasteiger partial charge < -0.3 is 15.2 Å². The zero-order valence-electron chi connectivity index (χ0n) is 16.1. The summed E-state index contributed by atoms with van der Waals surface area (Å²) in [6, 6.07) is 6.36. The summed E-state index contributed by atoms with van der Waals surface area (Å²) in [5.74, 6) is 0.382. The highest BCUT2D eigenvalue weighted by molar-refractivity contribution is 7.13. The highest BCUT2D eigenvalue weighted by Gasteiger charge is 2.23. The quantitative estimate of drug-likeness (QED) is 0.644. The van der Waals surface area contributed by atoms with E-state index in [1.807, 2.05) is 11.6 Å². The van der Waals surface area contributed by atoms with E-state index >= 15 is 0 Å². The molecule has 6 nitrogen and oxygen atoms in total. The second-order valence-electron chi connectivity index (χ2n) is 7.38. The Hall–Kier alpha value is -2.58. The number of hydrogen-bond acceptors (Lipinski definition) is 5. The Labute approximate surface area is 173 Å². The van der Waals surface area contributed by atoms with Gasteiger partial charge in [-0.3, -0.25) is 4.79 Å². The van der Waals surface area contributed by atoms with Crippen LogP contribution in [0, 0.1) is 11.7 Å². The van der Waals surface area contributed by atoms with E-state index in [0.717, 1.165) is 67.5 Å². The number of piperidine rings is 1. The number of carbonyl (C=O) groups excluding carboxylic acids is 1. The van der Waals surface area contributed by atoms with Crippen LogP contribution in [-0.4, -0.2) is 45.0 Å². The first kappa shape index (κ1) is 19.7. The summed E-state index contributed by atoms with van der Waals surface area (Å²) in [6.07, 6.45) is 6.65. The molecule has 1 aliphatic heterocycles. The number of likely N-dealkylation sites (tertiary alicyclic amines) is 1. The third kappa shape index (κ3) is 4.71. The molecule has 2 aromatic heterocycles. The molecule has 1 amide bonds. The topological polar surface area (TPSA) is 77.0 Å². The van der Waals surface area contributed by atoms with Gasteiger partial charge in [0.25, 0.3) is 0 Å². The normalized spacial score (nSPS) is 17.5. The van der Waals surface area contributed by atoms with Crippen LogP contribution in [0.2, 0.25) is 0 Å². The number of imidazole rings is 1. The Balaban J connectivity index is 1.38. The zero-order chi connectivity index (χ0) is 20.2. The van der Waals surface area contributed by atoms with Crippen LogP contribution < -0.4 is 5.73 Å².